The molecule has 1 rings (SSSR count). The molecule has 0 aliphatic heterocycles. The zero-order valence-electron chi connectivity index (χ0n) is 10.6. The van der Waals surface area contributed by atoms with E-state index >= 15 is 0 Å². The average molecular weight is 232 g/mol. The highest BCUT2D eigenvalue weighted by atomic mass is 16.5. The Hall–Kier alpha value is -2.08. The molecule has 17 heavy (non-hydrogen) atoms. The molecule has 0 spiro atoms. The summed E-state index contributed by atoms with van der Waals surface area (Å²) in [6.45, 7) is 5.58. The van der Waals surface area contributed by atoms with E-state index in [1.807, 2.05) is 6.92 Å². The van der Waals surface area contributed by atoms with Crippen LogP contribution in [0.3, 0.4) is 0 Å². The third-order valence-electron chi connectivity index (χ3n) is 2.12. The summed E-state index contributed by atoms with van der Waals surface area (Å²) in [6.07, 6.45) is 0. The van der Waals surface area contributed by atoms with E-state index in [9.17, 15) is 0 Å². The van der Waals surface area contributed by atoms with Gasteiger partial charge in [0.15, 0.2) is 11.5 Å². The largest absolute Gasteiger partial charge is 0.495 e. The van der Waals surface area contributed by atoms with Crippen molar-refractivity contribution in [3.05, 3.63) is 29.8 Å². The first-order chi connectivity index (χ1) is 8.12. The second kappa shape index (κ2) is 5.86. The molecule has 3 nitrogen and oxygen atoms in total. The SMILES string of the molecule is C=C(C)C#Cc1cc(OC)c(OC)cc1OC. The molecule has 0 aliphatic carbocycles. The summed E-state index contributed by atoms with van der Waals surface area (Å²) >= 11 is 0. The fraction of sp³-hybridized carbons (Fsp3) is 0.286. The van der Waals surface area contributed by atoms with Crippen molar-refractivity contribution in [1.82, 2.24) is 0 Å². The third kappa shape index (κ3) is 3.18. The van der Waals surface area contributed by atoms with Gasteiger partial charge in [0.1, 0.15) is 5.75 Å². The van der Waals surface area contributed by atoms with Gasteiger partial charge >= 0.3 is 0 Å². The van der Waals surface area contributed by atoms with Crippen LogP contribution in [0.25, 0.3) is 0 Å². The van der Waals surface area contributed by atoms with Crippen LogP contribution in [0.1, 0.15) is 12.5 Å². The average Bonchev–Trinajstić information content (AvgIpc) is 2.34. The molecule has 0 amide bonds. The van der Waals surface area contributed by atoms with Gasteiger partial charge in [-0.15, -0.1) is 0 Å². The van der Waals surface area contributed by atoms with E-state index in [2.05, 4.69) is 18.4 Å². The minimum atomic E-state index is 0.616. The Kier molecular flexibility index (Phi) is 4.47. The van der Waals surface area contributed by atoms with Crippen LogP contribution in [-0.4, -0.2) is 21.3 Å². The molecular formula is C14H16O3. The van der Waals surface area contributed by atoms with E-state index in [-0.39, 0.29) is 0 Å². The highest BCUT2D eigenvalue weighted by Gasteiger charge is 2.09. The van der Waals surface area contributed by atoms with Crippen LogP contribution in [0.15, 0.2) is 24.3 Å². The molecule has 0 N–H and O–H groups in total. The molecule has 90 valence electrons. The smallest absolute Gasteiger partial charge is 0.164 e. The van der Waals surface area contributed by atoms with Crippen LogP contribution >= 0.6 is 0 Å². The van der Waals surface area contributed by atoms with Crippen LogP contribution in [0.2, 0.25) is 0 Å². The first-order valence-electron chi connectivity index (χ1n) is 5.10. The summed E-state index contributed by atoms with van der Waals surface area (Å²) in [4.78, 5) is 0. The topological polar surface area (TPSA) is 27.7 Å². The molecule has 1 aromatic rings. The number of hydrogen-bond acceptors (Lipinski definition) is 3. The van der Waals surface area contributed by atoms with E-state index in [1.54, 1.807) is 33.5 Å². The Balaban J connectivity index is 3.30. The lowest BCUT2D eigenvalue weighted by atomic mass is 10.1. The molecule has 0 atom stereocenters. The van der Waals surface area contributed by atoms with E-state index in [1.165, 1.54) is 0 Å². The maximum absolute atomic E-state index is 5.25. The molecule has 0 fully saturated rings. The molecule has 0 aromatic heterocycles. The maximum Gasteiger partial charge on any atom is 0.164 e. The molecule has 0 saturated heterocycles. The molecule has 0 unspecified atom stereocenters. The number of rotatable bonds is 3. The number of ether oxygens (including phenoxy) is 3. The van der Waals surface area contributed by atoms with Gasteiger partial charge < -0.3 is 14.2 Å². The zero-order chi connectivity index (χ0) is 12.8. The van der Waals surface area contributed by atoms with Crippen molar-refractivity contribution in [1.29, 1.82) is 0 Å². The van der Waals surface area contributed by atoms with E-state index in [0.29, 0.717) is 17.2 Å². The Morgan fingerprint density at radius 2 is 1.53 bits per heavy atom. The van der Waals surface area contributed by atoms with E-state index < -0.39 is 0 Å². The highest BCUT2D eigenvalue weighted by Crippen LogP contribution is 2.34. The van der Waals surface area contributed by atoms with Crippen molar-refractivity contribution in [3.63, 3.8) is 0 Å². The summed E-state index contributed by atoms with van der Waals surface area (Å²) in [6, 6.07) is 3.54. The molecular weight excluding hydrogens is 216 g/mol. The quantitative estimate of drug-likeness (QED) is 0.750. The number of benzene rings is 1. The lowest BCUT2D eigenvalue weighted by Crippen LogP contribution is -1.94. The standard InChI is InChI=1S/C14H16O3/c1-10(2)6-7-11-8-13(16-4)14(17-5)9-12(11)15-3/h8-9H,1H2,2-5H3. The van der Waals surface area contributed by atoms with Gasteiger partial charge in [-0.2, -0.15) is 0 Å². The Morgan fingerprint density at radius 1 is 1.00 bits per heavy atom. The van der Waals surface area contributed by atoms with Crippen molar-refractivity contribution < 1.29 is 14.2 Å². The predicted molar refractivity (Wildman–Crippen MR) is 67.8 cm³/mol. The van der Waals surface area contributed by atoms with Gasteiger partial charge in [0, 0.05) is 12.1 Å². The normalized spacial score (nSPS) is 8.94. The number of hydrogen-bond donors (Lipinski definition) is 0. The Bertz CT molecular complexity index is 478. The van der Waals surface area contributed by atoms with Gasteiger partial charge in [0.25, 0.3) is 0 Å². The lowest BCUT2D eigenvalue weighted by Gasteiger charge is -2.11. The summed E-state index contributed by atoms with van der Waals surface area (Å²) in [5.41, 5.74) is 1.54. The van der Waals surface area contributed by atoms with Gasteiger partial charge in [-0.05, 0) is 12.5 Å². The van der Waals surface area contributed by atoms with Crippen LogP contribution in [-0.2, 0) is 0 Å². The van der Waals surface area contributed by atoms with Crippen LogP contribution < -0.4 is 14.2 Å². The van der Waals surface area contributed by atoms with Gasteiger partial charge in [0.2, 0.25) is 0 Å². The molecule has 1 aromatic carbocycles. The van der Waals surface area contributed by atoms with Crippen molar-refractivity contribution in [2.45, 2.75) is 6.92 Å². The van der Waals surface area contributed by atoms with Crippen molar-refractivity contribution >= 4 is 0 Å². The molecule has 0 saturated carbocycles. The zero-order valence-corrected chi connectivity index (χ0v) is 10.6. The van der Waals surface area contributed by atoms with Gasteiger partial charge in [-0.3, -0.25) is 0 Å². The van der Waals surface area contributed by atoms with Gasteiger partial charge in [-0.25, -0.2) is 0 Å². The van der Waals surface area contributed by atoms with E-state index in [4.69, 9.17) is 14.2 Å². The fourth-order valence-corrected chi connectivity index (χ4v) is 1.30. The monoisotopic (exact) mass is 232 g/mol. The number of allylic oxidation sites excluding steroid dienone is 1. The van der Waals surface area contributed by atoms with Crippen LogP contribution in [0.4, 0.5) is 0 Å². The third-order valence-corrected chi connectivity index (χ3v) is 2.12. The fourth-order valence-electron chi connectivity index (χ4n) is 1.30. The lowest BCUT2D eigenvalue weighted by molar-refractivity contribution is 0.348. The second-order valence-electron chi connectivity index (χ2n) is 3.44. The summed E-state index contributed by atoms with van der Waals surface area (Å²) in [5, 5.41) is 0. The van der Waals surface area contributed by atoms with Crippen LogP contribution in [0.5, 0.6) is 17.2 Å². The molecule has 0 bridgehead atoms. The Labute approximate surface area is 102 Å². The van der Waals surface area contributed by atoms with Gasteiger partial charge in [0.05, 0.1) is 26.9 Å². The van der Waals surface area contributed by atoms with Crippen molar-refractivity contribution in [2.24, 2.45) is 0 Å². The molecule has 0 heterocycles. The molecule has 0 aliphatic rings. The second-order valence-corrected chi connectivity index (χ2v) is 3.44. The van der Waals surface area contributed by atoms with Crippen LogP contribution in [0, 0.1) is 11.8 Å². The minimum Gasteiger partial charge on any atom is -0.495 e. The first-order valence-corrected chi connectivity index (χ1v) is 5.10. The molecule has 0 radical (unpaired) electrons. The predicted octanol–water partition coefficient (Wildman–Crippen LogP) is 2.64. The van der Waals surface area contributed by atoms with Crippen molar-refractivity contribution in [3.8, 4) is 29.1 Å². The minimum absolute atomic E-state index is 0.616. The van der Waals surface area contributed by atoms with Gasteiger partial charge in [-0.1, -0.05) is 18.4 Å². The summed E-state index contributed by atoms with van der Waals surface area (Å²) in [7, 11) is 4.75. The summed E-state index contributed by atoms with van der Waals surface area (Å²) in [5.74, 6) is 7.77. The van der Waals surface area contributed by atoms with Crippen molar-refractivity contribution in [2.75, 3.05) is 21.3 Å². The molecule has 3 heteroatoms. The highest BCUT2D eigenvalue weighted by molar-refractivity contribution is 5.57. The number of methoxy groups -OCH3 is 3. The maximum atomic E-state index is 5.25. The first kappa shape index (κ1) is 13.0. The Morgan fingerprint density at radius 3 is 2.00 bits per heavy atom. The summed E-state index contributed by atoms with van der Waals surface area (Å²) < 4.78 is 15.7. The van der Waals surface area contributed by atoms with E-state index in [0.717, 1.165) is 11.1 Å².